The van der Waals surface area contributed by atoms with Crippen molar-refractivity contribution in [2.75, 3.05) is 42.2 Å². The largest absolute Gasteiger partial charge is 0.387 e. The highest BCUT2D eigenvalue weighted by Crippen LogP contribution is 2.46. The minimum atomic E-state index is -4.43. The molecule has 2 fully saturated rings. The van der Waals surface area contributed by atoms with Gasteiger partial charge in [-0.05, 0) is 98.9 Å². The molecule has 1 aliphatic carbocycles. The first-order chi connectivity index (χ1) is 24.1. The summed E-state index contributed by atoms with van der Waals surface area (Å²) in [5, 5.41) is 26.9. The standard InChI is InChI=1S/C36H45N5O7S2/c42-25-34(43)37-21-7-4-8-28(26-49-30-9-2-1-3-10-30)38-32-16-15-31(24-33(32)41(45)46)50(47,48)39-35(44)27-11-13-29(14-12-27)40-22-19-36(20-23-40)17-5-6-18-36/h1-3,9-16,24,28,38,42H,4-8,17-23,25-26H2,(H,37,43)(H,39,44)/t28-/m1/s1. The van der Waals surface area contributed by atoms with E-state index in [2.05, 4.69) is 20.3 Å². The fraction of sp³-hybridized carbons (Fsp3) is 0.444. The van der Waals surface area contributed by atoms with E-state index in [1.54, 1.807) is 23.9 Å². The molecule has 1 aliphatic heterocycles. The van der Waals surface area contributed by atoms with Crippen molar-refractivity contribution in [1.29, 1.82) is 0 Å². The first kappa shape index (κ1) is 37.1. The van der Waals surface area contributed by atoms with Crippen molar-refractivity contribution in [2.45, 2.75) is 73.6 Å². The Labute approximate surface area is 297 Å². The zero-order chi connectivity index (χ0) is 35.6. The first-order valence-electron chi connectivity index (χ1n) is 17.1. The van der Waals surface area contributed by atoms with Crippen LogP contribution < -0.4 is 20.3 Å². The Kier molecular flexibility index (Phi) is 12.8. The molecule has 3 aromatic rings. The van der Waals surface area contributed by atoms with Crippen LogP contribution in [0.2, 0.25) is 0 Å². The van der Waals surface area contributed by atoms with Crippen LogP contribution in [-0.4, -0.2) is 68.3 Å². The number of hydrogen-bond donors (Lipinski definition) is 4. The average Bonchev–Trinajstić information content (AvgIpc) is 3.58. The van der Waals surface area contributed by atoms with Crippen molar-refractivity contribution in [3.05, 3.63) is 88.5 Å². The van der Waals surface area contributed by atoms with E-state index < -0.39 is 44.0 Å². The van der Waals surface area contributed by atoms with Crippen LogP contribution in [0.15, 0.2) is 82.6 Å². The number of nitro groups is 1. The number of anilines is 2. The molecule has 14 heteroatoms. The number of unbranched alkanes of at least 4 members (excludes halogenated alkanes) is 1. The number of piperidine rings is 1. The van der Waals surface area contributed by atoms with Crippen LogP contribution in [0.1, 0.15) is 68.1 Å². The number of aliphatic hydroxyl groups is 1. The maximum Gasteiger partial charge on any atom is 0.293 e. The Bertz CT molecular complexity index is 1720. The molecule has 0 radical (unpaired) electrons. The third-order valence-corrected chi connectivity index (χ3v) is 12.2. The summed E-state index contributed by atoms with van der Waals surface area (Å²) in [5.74, 6) is -0.709. The van der Waals surface area contributed by atoms with Gasteiger partial charge in [0.05, 0.1) is 9.82 Å². The molecule has 0 bridgehead atoms. The molecule has 268 valence electrons. The number of nitrogens with zero attached hydrogens (tertiary/aromatic N) is 2. The lowest BCUT2D eigenvalue weighted by Gasteiger charge is -2.40. The van der Waals surface area contributed by atoms with Crippen molar-refractivity contribution in [3.8, 4) is 0 Å². The number of amides is 2. The Morgan fingerprint density at radius 3 is 2.32 bits per heavy atom. The van der Waals surface area contributed by atoms with Gasteiger partial charge in [-0.15, -0.1) is 11.8 Å². The van der Waals surface area contributed by atoms with Crippen LogP contribution >= 0.6 is 11.8 Å². The molecular formula is C36H45N5O7S2. The second-order valence-electron chi connectivity index (χ2n) is 13.1. The monoisotopic (exact) mass is 723 g/mol. The van der Waals surface area contributed by atoms with Gasteiger partial charge in [0.25, 0.3) is 21.6 Å². The predicted molar refractivity (Wildman–Crippen MR) is 195 cm³/mol. The highest BCUT2D eigenvalue weighted by molar-refractivity contribution is 7.99. The molecular weight excluding hydrogens is 679 g/mol. The number of carbonyl (C=O) groups excluding carboxylic acids is 2. The zero-order valence-corrected chi connectivity index (χ0v) is 29.6. The third-order valence-electron chi connectivity index (χ3n) is 9.69. The lowest BCUT2D eigenvalue weighted by Crippen LogP contribution is -2.38. The number of nitro benzene ring substituents is 1. The quantitative estimate of drug-likeness (QED) is 0.0620. The van der Waals surface area contributed by atoms with E-state index in [1.165, 1.54) is 37.8 Å². The number of sulfonamides is 1. The molecule has 1 atom stereocenters. The number of hydrogen-bond acceptors (Lipinski definition) is 10. The second-order valence-corrected chi connectivity index (χ2v) is 15.9. The molecule has 2 aliphatic rings. The van der Waals surface area contributed by atoms with Crippen LogP contribution in [-0.2, 0) is 14.8 Å². The summed E-state index contributed by atoms with van der Waals surface area (Å²) >= 11 is 1.58. The molecule has 0 unspecified atom stereocenters. The van der Waals surface area contributed by atoms with Gasteiger partial charge in [0.1, 0.15) is 12.3 Å². The summed E-state index contributed by atoms with van der Waals surface area (Å²) in [7, 11) is -4.43. The van der Waals surface area contributed by atoms with Crippen molar-refractivity contribution in [3.63, 3.8) is 0 Å². The van der Waals surface area contributed by atoms with Gasteiger partial charge < -0.3 is 20.6 Å². The van der Waals surface area contributed by atoms with E-state index in [9.17, 15) is 28.1 Å². The lowest BCUT2D eigenvalue weighted by atomic mass is 9.77. The fourth-order valence-electron chi connectivity index (χ4n) is 6.81. The van der Waals surface area contributed by atoms with Gasteiger partial charge in [-0.2, -0.15) is 0 Å². The van der Waals surface area contributed by atoms with Crippen molar-refractivity contribution in [2.24, 2.45) is 5.41 Å². The first-order valence-corrected chi connectivity index (χ1v) is 19.6. The summed E-state index contributed by atoms with van der Waals surface area (Å²) < 4.78 is 28.6. The van der Waals surface area contributed by atoms with E-state index in [1.807, 2.05) is 42.5 Å². The van der Waals surface area contributed by atoms with E-state index in [4.69, 9.17) is 5.11 Å². The van der Waals surface area contributed by atoms with Crippen molar-refractivity contribution in [1.82, 2.24) is 10.0 Å². The molecule has 1 heterocycles. The molecule has 12 nitrogen and oxygen atoms in total. The van der Waals surface area contributed by atoms with Gasteiger partial charge in [0, 0.05) is 53.6 Å². The van der Waals surface area contributed by atoms with Crippen LogP contribution in [0, 0.1) is 15.5 Å². The highest BCUT2D eigenvalue weighted by Gasteiger charge is 2.37. The van der Waals surface area contributed by atoms with Gasteiger partial charge in [0.2, 0.25) is 5.91 Å². The SMILES string of the molecule is O=C(CO)NCCCC[C@H](CSc1ccccc1)Nc1ccc(S(=O)(=O)NC(=O)c2ccc(N3CCC4(CCCC4)CC3)cc2)cc1[N+](=O)[O-]. The van der Waals surface area contributed by atoms with Crippen LogP contribution in [0.5, 0.6) is 0 Å². The maximum atomic E-state index is 13.3. The normalized spacial score (nSPS) is 16.1. The Balaban J connectivity index is 1.23. The van der Waals surface area contributed by atoms with Gasteiger partial charge >= 0.3 is 0 Å². The predicted octanol–water partition coefficient (Wildman–Crippen LogP) is 5.73. The molecule has 1 saturated carbocycles. The average molecular weight is 724 g/mol. The molecule has 4 N–H and O–H groups in total. The lowest BCUT2D eigenvalue weighted by molar-refractivity contribution is -0.384. The highest BCUT2D eigenvalue weighted by atomic mass is 32.2. The molecule has 0 aromatic heterocycles. The van der Waals surface area contributed by atoms with Gasteiger partial charge in [0.15, 0.2) is 0 Å². The minimum Gasteiger partial charge on any atom is -0.387 e. The number of benzene rings is 3. The van der Waals surface area contributed by atoms with Gasteiger partial charge in [-0.1, -0.05) is 31.0 Å². The van der Waals surface area contributed by atoms with E-state index >= 15 is 0 Å². The molecule has 5 rings (SSSR count). The van der Waals surface area contributed by atoms with E-state index in [-0.39, 0.29) is 17.3 Å². The summed E-state index contributed by atoms with van der Waals surface area (Å²) in [5.41, 5.74) is 1.36. The number of carbonyl (C=O) groups is 2. The van der Waals surface area contributed by atoms with E-state index in [0.717, 1.165) is 42.6 Å². The molecule has 50 heavy (non-hydrogen) atoms. The summed E-state index contributed by atoms with van der Waals surface area (Å²) in [4.78, 5) is 38.8. The second kappa shape index (κ2) is 17.2. The third kappa shape index (κ3) is 9.98. The van der Waals surface area contributed by atoms with Crippen LogP contribution in [0.4, 0.5) is 17.1 Å². The Morgan fingerprint density at radius 2 is 1.66 bits per heavy atom. The molecule has 2 amide bonds. The fourth-order valence-corrected chi connectivity index (χ4v) is 8.80. The summed E-state index contributed by atoms with van der Waals surface area (Å²) in [6, 6.07) is 19.9. The summed E-state index contributed by atoms with van der Waals surface area (Å²) in [6.45, 7) is 1.73. The molecule has 1 saturated heterocycles. The molecule has 3 aromatic carbocycles. The molecule has 1 spiro atoms. The van der Waals surface area contributed by atoms with Crippen molar-refractivity contribution >= 4 is 50.7 Å². The number of thioether (sulfide) groups is 1. The summed E-state index contributed by atoms with van der Waals surface area (Å²) in [6.07, 6.45) is 9.50. The van der Waals surface area contributed by atoms with Crippen LogP contribution in [0.3, 0.4) is 0 Å². The van der Waals surface area contributed by atoms with E-state index in [0.29, 0.717) is 37.0 Å². The van der Waals surface area contributed by atoms with Gasteiger partial charge in [-0.25, -0.2) is 13.1 Å². The topological polar surface area (TPSA) is 171 Å². The number of aliphatic hydroxyl groups excluding tert-OH is 1. The van der Waals surface area contributed by atoms with Crippen LogP contribution in [0.25, 0.3) is 0 Å². The van der Waals surface area contributed by atoms with Gasteiger partial charge in [-0.3, -0.25) is 19.7 Å². The van der Waals surface area contributed by atoms with Crippen molar-refractivity contribution < 1.29 is 28.0 Å². The zero-order valence-electron chi connectivity index (χ0n) is 28.0. The number of nitrogens with one attached hydrogen (secondary N) is 3. The number of rotatable bonds is 16. The Morgan fingerprint density at radius 1 is 0.960 bits per heavy atom. The Hall–Kier alpha value is -4.14. The maximum absolute atomic E-state index is 13.3. The smallest absolute Gasteiger partial charge is 0.293 e. The minimum absolute atomic E-state index is 0.152.